The van der Waals surface area contributed by atoms with Gasteiger partial charge in [-0.15, -0.1) is 0 Å². The fourth-order valence-corrected chi connectivity index (χ4v) is 5.33. The number of piperidine rings is 1. The molecule has 2 aliphatic heterocycles. The van der Waals surface area contributed by atoms with Crippen LogP contribution < -0.4 is 9.47 Å². The molecule has 0 N–H and O–H groups in total. The summed E-state index contributed by atoms with van der Waals surface area (Å²) in [4.78, 5) is 41.2. The average Bonchev–Trinajstić information content (AvgIpc) is 3.12. The van der Waals surface area contributed by atoms with Gasteiger partial charge in [-0.05, 0) is 78.9 Å². The van der Waals surface area contributed by atoms with Crippen LogP contribution in [0.15, 0.2) is 41.3 Å². The van der Waals surface area contributed by atoms with Crippen molar-refractivity contribution in [2.75, 3.05) is 26.2 Å². The second kappa shape index (κ2) is 12.2. The minimum atomic E-state index is -0.495. The topological polar surface area (TPSA) is 76.2 Å². The largest absolute Gasteiger partial charge is 0.490 e. The van der Waals surface area contributed by atoms with Crippen LogP contribution in [0.1, 0.15) is 37.8 Å². The van der Waals surface area contributed by atoms with E-state index >= 15 is 0 Å². The van der Waals surface area contributed by atoms with Crippen LogP contribution in [-0.4, -0.2) is 53.1 Å². The number of imide groups is 1. The molecule has 2 aromatic carbocycles. The van der Waals surface area contributed by atoms with E-state index in [-0.39, 0.29) is 24.0 Å². The predicted molar refractivity (Wildman–Crippen MR) is 146 cm³/mol. The number of benzene rings is 2. The number of halogens is 2. The van der Waals surface area contributed by atoms with E-state index in [1.54, 1.807) is 35.2 Å². The molecule has 0 bridgehead atoms. The molecule has 3 amide bonds. The van der Waals surface area contributed by atoms with Crippen LogP contribution in [0.25, 0.3) is 6.08 Å². The van der Waals surface area contributed by atoms with Gasteiger partial charge in [-0.3, -0.25) is 19.3 Å². The van der Waals surface area contributed by atoms with Gasteiger partial charge in [0.2, 0.25) is 5.91 Å². The van der Waals surface area contributed by atoms with Crippen molar-refractivity contribution in [3.63, 3.8) is 0 Å². The van der Waals surface area contributed by atoms with Gasteiger partial charge in [0.05, 0.1) is 16.5 Å². The van der Waals surface area contributed by atoms with Crippen LogP contribution in [0, 0.1) is 5.92 Å². The van der Waals surface area contributed by atoms with Gasteiger partial charge < -0.3 is 14.4 Å². The highest BCUT2D eigenvalue weighted by atomic mass is 35.5. The maximum atomic E-state index is 13.0. The Balaban J connectivity index is 1.48. The zero-order chi connectivity index (χ0) is 26.5. The van der Waals surface area contributed by atoms with Crippen molar-refractivity contribution in [1.29, 1.82) is 0 Å². The first-order valence-corrected chi connectivity index (χ1v) is 13.7. The molecule has 196 valence electrons. The van der Waals surface area contributed by atoms with E-state index in [9.17, 15) is 14.4 Å². The molecule has 0 atom stereocenters. The Labute approximate surface area is 230 Å². The molecular weight excluding hydrogens is 535 g/mol. The normalized spacial score (nSPS) is 17.6. The van der Waals surface area contributed by atoms with Gasteiger partial charge in [0, 0.05) is 18.1 Å². The van der Waals surface area contributed by atoms with Crippen molar-refractivity contribution < 1.29 is 23.9 Å². The lowest BCUT2D eigenvalue weighted by Gasteiger charge is -2.31. The van der Waals surface area contributed by atoms with Gasteiger partial charge in [-0.25, -0.2) is 0 Å². The summed E-state index contributed by atoms with van der Waals surface area (Å²) in [6.07, 6.45) is 3.43. The van der Waals surface area contributed by atoms with Crippen LogP contribution in [0.3, 0.4) is 0 Å². The lowest BCUT2D eigenvalue weighted by Crippen LogP contribution is -2.45. The molecule has 2 heterocycles. The molecule has 0 spiro atoms. The molecule has 2 aliphatic rings. The Kier molecular flexibility index (Phi) is 9.05. The number of ether oxygens (including phenoxy) is 2. The van der Waals surface area contributed by atoms with Crippen molar-refractivity contribution >= 4 is 58.1 Å². The molecule has 0 aliphatic carbocycles. The van der Waals surface area contributed by atoms with Crippen LogP contribution in [0.5, 0.6) is 11.5 Å². The van der Waals surface area contributed by atoms with E-state index in [1.807, 2.05) is 19.1 Å². The second-order valence-corrected chi connectivity index (χ2v) is 10.8. The third kappa shape index (κ3) is 6.80. The van der Waals surface area contributed by atoms with Crippen LogP contribution >= 0.6 is 35.0 Å². The lowest BCUT2D eigenvalue weighted by molar-refractivity contribution is -0.136. The highest BCUT2D eigenvalue weighted by Gasteiger charge is 2.37. The molecule has 7 nitrogen and oxygen atoms in total. The number of rotatable bonds is 8. The fraction of sp³-hybridized carbons (Fsp3) is 0.370. The van der Waals surface area contributed by atoms with E-state index < -0.39 is 11.1 Å². The Morgan fingerprint density at radius 1 is 1.11 bits per heavy atom. The number of carbonyl (C=O) groups is 3. The van der Waals surface area contributed by atoms with Gasteiger partial charge in [-0.2, -0.15) is 0 Å². The molecule has 37 heavy (non-hydrogen) atoms. The zero-order valence-corrected chi connectivity index (χ0v) is 23.0. The Morgan fingerprint density at radius 2 is 1.81 bits per heavy atom. The molecule has 4 rings (SSSR count). The number of nitrogens with zero attached hydrogens (tertiary/aromatic N) is 2. The number of hydrogen-bond donors (Lipinski definition) is 0. The van der Waals surface area contributed by atoms with Crippen molar-refractivity contribution in [3.05, 3.63) is 62.5 Å². The van der Waals surface area contributed by atoms with Gasteiger partial charge in [0.25, 0.3) is 11.1 Å². The second-order valence-electron chi connectivity index (χ2n) is 9.01. The first-order chi connectivity index (χ1) is 17.7. The molecule has 10 heteroatoms. The van der Waals surface area contributed by atoms with Crippen LogP contribution in [0.4, 0.5) is 4.79 Å². The molecule has 0 unspecified atom stereocenters. The summed E-state index contributed by atoms with van der Waals surface area (Å²) in [6, 6.07) is 10.6. The van der Waals surface area contributed by atoms with E-state index in [0.717, 1.165) is 35.1 Å². The van der Waals surface area contributed by atoms with Crippen molar-refractivity contribution in [2.24, 2.45) is 5.92 Å². The summed E-state index contributed by atoms with van der Waals surface area (Å²) in [5, 5.41) is 0.477. The van der Waals surface area contributed by atoms with Gasteiger partial charge in [0.15, 0.2) is 11.5 Å². The zero-order valence-electron chi connectivity index (χ0n) is 20.7. The Morgan fingerprint density at radius 3 is 2.49 bits per heavy atom. The highest BCUT2D eigenvalue weighted by Crippen LogP contribution is 2.39. The smallest absolute Gasteiger partial charge is 0.294 e. The molecule has 0 aromatic heterocycles. The number of thioether (sulfide) groups is 1. The quantitative estimate of drug-likeness (QED) is 0.353. The molecule has 2 saturated heterocycles. The Hall–Kier alpha value is -2.68. The highest BCUT2D eigenvalue weighted by molar-refractivity contribution is 8.18. The monoisotopic (exact) mass is 562 g/mol. The SMILES string of the molecule is CCOc1cc(/C=C2/SC(=O)N(CC(=O)N3CCC(C)CC3)C2=O)cc(Cl)c1OCc1ccc(Cl)cc1. The maximum absolute atomic E-state index is 13.0. The van der Waals surface area contributed by atoms with Crippen molar-refractivity contribution in [1.82, 2.24) is 9.80 Å². The Bertz CT molecular complexity index is 1210. The number of amides is 3. The van der Waals surface area contributed by atoms with E-state index in [4.69, 9.17) is 32.7 Å². The van der Waals surface area contributed by atoms with Crippen LogP contribution in [-0.2, 0) is 16.2 Å². The van der Waals surface area contributed by atoms with Gasteiger partial charge in [-0.1, -0.05) is 42.3 Å². The standard InChI is InChI=1S/C27H28Cl2N2O5S/c1-3-35-22-13-19(12-21(29)25(22)36-16-18-4-6-20(28)7-5-18)14-23-26(33)31(27(34)37-23)15-24(32)30-10-8-17(2)9-11-30/h4-7,12-14,17H,3,8-11,15-16H2,1-2H3/b23-14+. The minimum absolute atomic E-state index is 0.209. The molecule has 2 aromatic rings. The first kappa shape index (κ1) is 27.4. The third-order valence-corrected chi connectivity index (χ3v) is 7.67. The summed E-state index contributed by atoms with van der Waals surface area (Å²) in [5.74, 6) is 0.672. The van der Waals surface area contributed by atoms with E-state index in [1.165, 1.54) is 0 Å². The summed E-state index contributed by atoms with van der Waals surface area (Å²) in [5.41, 5.74) is 1.49. The molecular formula is C27H28Cl2N2O5S. The minimum Gasteiger partial charge on any atom is -0.490 e. The first-order valence-electron chi connectivity index (χ1n) is 12.1. The summed E-state index contributed by atoms with van der Waals surface area (Å²) in [7, 11) is 0. The van der Waals surface area contributed by atoms with E-state index in [2.05, 4.69) is 6.92 Å². The number of carbonyl (C=O) groups excluding carboxylic acids is 3. The lowest BCUT2D eigenvalue weighted by atomic mass is 9.99. The fourth-order valence-electron chi connectivity index (χ4n) is 4.09. The molecule has 2 fully saturated rings. The maximum Gasteiger partial charge on any atom is 0.294 e. The average molecular weight is 564 g/mol. The van der Waals surface area contributed by atoms with Gasteiger partial charge in [0.1, 0.15) is 13.2 Å². The predicted octanol–water partition coefficient (Wildman–Crippen LogP) is 6.27. The summed E-state index contributed by atoms with van der Waals surface area (Å²) < 4.78 is 11.7. The summed E-state index contributed by atoms with van der Waals surface area (Å²) >= 11 is 13.3. The summed E-state index contributed by atoms with van der Waals surface area (Å²) in [6.45, 7) is 5.69. The number of likely N-dealkylation sites (tertiary alicyclic amines) is 1. The molecule has 0 saturated carbocycles. The third-order valence-electron chi connectivity index (χ3n) is 6.23. The van der Waals surface area contributed by atoms with Gasteiger partial charge >= 0.3 is 0 Å². The molecule has 0 radical (unpaired) electrons. The van der Waals surface area contributed by atoms with Crippen LogP contribution in [0.2, 0.25) is 10.0 Å². The van der Waals surface area contributed by atoms with Crippen molar-refractivity contribution in [2.45, 2.75) is 33.3 Å². The number of hydrogen-bond acceptors (Lipinski definition) is 6. The van der Waals surface area contributed by atoms with E-state index in [0.29, 0.717) is 52.7 Å². The van der Waals surface area contributed by atoms with Crippen molar-refractivity contribution in [3.8, 4) is 11.5 Å².